The van der Waals surface area contributed by atoms with E-state index in [0.717, 1.165) is 13.0 Å². The second-order valence-corrected chi connectivity index (χ2v) is 4.45. The number of halogens is 2. The summed E-state index contributed by atoms with van der Waals surface area (Å²) in [5, 5.41) is 0.431. The summed E-state index contributed by atoms with van der Waals surface area (Å²) in [6, 6.07) is 4.53. The van der Waals surface area contributed by atoms with E-state index in [2.05, 4.69) is 4.99 Å². The molecule has 2 rings (SSSR count). The van der Waals surface area contributed by atoms with Gasteiger partial charge in [0.05, 0.1) is 12.6 Å². The number of nitrogens with zero attached hydrogens (tertiary/aromatic N) is 2. The lowest BCUT2D eigenvalue weighted by Crippen LogP contribution is -2.37. The Kier molecular flexibility index (Phi) is 3.52. The molecule has 3 nitrogen and oxygen atoms in total. The molecule has 0 aliphatic carbocycles. The lowest BCUT2D eigenvalue weighted by Gasteiger charge is -2.26. The van der Waals surface area contributed by atoms with E-state index in [0.29, 0.717) is 23.1 Å². The molecule has 1 unspecified atom stereocenters. The van der Waals surface area contributed by atoms with Crippen LogP contribution in [0.25, 0.3) is 0 Å². The van der Waals surface area contributed by atoms with Gasteiger partial charge in [-0.05, 0) is 18.6 Å². The molecule has 1 atom stereocenters. The first-order valence-corrected chi connectivity index (χ1v) is 6.03. The van der Waals surface area contributed by atoms with Crippen LogP contribution in [0.3, 0.4) is 0 Å². The van der Waals surface area contributed by atoms with Gasteiger partial charge in [0.1, 0.15) is 5.82 Å². The third-order valence-electron chi connectivity index (χ3n) is 2.89. The van der Waals surface area contributed by atoms with Crippen LogP contribution >= 0.6 is 11.6 Å². The molecule has 92 valence electrons. The minimum absolute atomic E-state index is 0.177. The Morgan fingerprint density at radius 3 is 3.00 bits per heavy atom. The van der Waals surface area contributed by atoms with Crippen molar-refractivity contribution in [3.63, 3.8) is 0 Å². The van der Waals surface area contributed by atoms with Crippen molar-refractivity contribution < 1.29 is 4.39 Å². The zero-order valence-electron chi connectivity index (χ0n) is 9.66. The van der Waals surface area contributed by atoms with Gasteiger partial charge in [-0.1, -0.05) is 24.6 Å². The molecule has 0 saturated heterocycles. The average molecular weight is 256 g/mol. The SMILES string of the molecule is CCCN1C(N)=NCC1c1c(F)cccc1Cl. The van der Waals surface area contributed by atoms with Gasteiger partial charge in [-0.25, -0.2) is 4.39 Å². The van der Waals surface area contributed by atoms with Crippen LogP contribution < -0.4 is 5.73 Å². The Labute approximate surface area is 105 Å². The van der Waals surface area contributed by atoms with Crippen LogP contribution in [0, 0.1) is 5.82 Å². The molecule has 1 heterocycles. The van der Waals surface area contributed by atoms with E-state index in [1.54, 1.807) is 12.1 Å². The zero-order valence-corrected chi connectivity index (χ0v) is 10.4. The summed E-state index contributed by atoms with van der Waals surface area (Å²) >= 11 is 6.06. The maximum atomic E-state index is 13.8. The predicted octanol–water partition coefficient (Wildman–Crippen LogP) is 2.56. The Bertz CT molecular complexity index is 427. The number of nitrogens with two attached hydrogens (primary N) is 1. The van der Waals surface area contributed by atoms with Crippen molar-refractivity contribution in [3.8, 4) is 0 Å². The molecule has 0 fully saturated rings. The molecule has 17 heavy (non-hydrogen) atoms. The highest BCUT2D eigenvalue weighted by molar-refractivity contribution is 6.31. The number of aliphatic imine (C=N–C) groups is 1. The van der Waals surface area contributed by atoms with Gasteiger partial charge >= 0.3 is 0 Å². The Balaban J connectivity index is 2.34. The molecular formula is C12H15ClFN3. The van der Waals surface area contributed by atoms with E-state index in [-0.39, 0.29) is 11.9 Å². The second kappa shape index (κ2) is 4.92. The summed E-state index contributed by atoms with van der Waals surface area (Å²) in [5.41, 5.74) is 6.30. The van der Waals surface area contributed by atoms with E-state index >= 15 is 0 Å². The van der Waals surface area contributed by atoms with Crippen molar-refractivity contribution in [2.24, 2.45) is 10.7 Å². The third-order valence-corrected chi connectivity index (χ3v) is 3.22. The molecular weight excluding hydrogens is 241 g/mol. The molecule has 0 amide bonds. The summed E-state index contributed by atoms with van der Waals surface area (Å²) in [4.78, 5) is 6.08. The van der Waals surface area contributed by atoms with E-state index in [9.17, 15) is 4.39 Å². The fourth-order valence-electron chi connectivity index (χ4n) is 2.12. The fraction of sp³-hybridized carbons (Fsp3) is 0.417. The average Bonchev–Trinajstić information content (AvgIpc) is 2.62. The van der Waals surface area contributed by atoms with Crippen molar-refractivity contribution in [2.45, 2.75) is 19.4 Å². The lowest BCUT2D eigenvalue weighted by molar-refractivity contribution is 0.339. The molecule has 0 saturated carbocycles. The van der Waals surface area contributed by atoms with E-state index in [1.165, 1.54) is 6.07 Å². The number of benzene rings is 1. The van der Waals surface area contributed by atoms with Crippen LogP contribution in [0.2, 0.25) is 5.02 Å². The first kappa shape index (κ1) is 12.2. The standard InChI is InChI=1S/C12H15ClFN3/c1-2-6-17-10(7-16-12(17)15)11-8(13)4-3-5-9(11)14/h3-5,10H,2,6-7H2,1H3,(H2,15,16). The van der Waals surface area contributed by atoms with Crippen LogP contribution in [0.4, 0.5) is 4.39 Å². The summed E-state index contributed by atoms with van der Waals surface area (Å²) in [7, 11) is 0. The second-order valence-electron chi connectivity index (χ2n) is 4.04. The fourth-order valence-corrected chi connectivity index (χ4v) is 2.41. The van der Waals surface area contributed by atoms with Gasteiger partial charge in [0.2, 0.25) is 0 Å². The number of guanidine groups is 1. The highest BCUT2D eigenvalue weighted by Crippen LogP contribution is 2.32. The molecule has 0 aromatic heterocycles. The Morgan fingerprint density at radius 1 is 1.59 bits per heavy atom. The van der Waals surface area contributed by atoms with Crippen molar-refractivity contribution in [1.82, 2.24) is 4.90 Å². The van der Waals surface area contributed by atoms with Crippen LogP contribution in [0.5, 0.6) is 0 Å². The van der Waals surface area contributed by atoms with Crippen molar-refractivity contribution in [3.05, 3.63) is 34.6 Å². The quantitative estimate of drug-likeness (QED) is 0.902. The maximum Gasteiger partial charge on any atom is 0.191 e. The molecule has 1 aliphatic heterocycles. The van der Waals surface area contributed by atoms with Crippen LogP contribution in [-0.4, -0.2) is 23.9 Å². The van der Waals surface area contributed by atoms with Gasteiger partial charge in [0.15, 0.2) is 5.96 Å². The molecule has 1 aromatic carbocycles. The number of hydrogen-bond acceptors (Lipinski definition) is 3. The van der Waals surface area contributed by atoms with Gasteiger partial charge in [-0.3, -0.25) is 4.99 Å². The normalized spacial score (nSPS) is 19.6. The van der Waals surface area contributed by atoms with Crippen molar-refractivity contribution >= 4 is 17.6 Å². The number of hydrogen-bond donors (Lipinski definition) is 1. The van der Waals surface area contributed by atoms with Crippen molar-refractivity contribution in [1.29, 1.82) is 0 Å². The molecule has 0 bridgehead atoms. The van der Waals surface area contributed by atoms with Crippen LogP contribution in [0.15, 0.2) is 23.2 Å². The summed E-state index contributed by atoms with van der Waals surface area (Å²) < 4.78 is 13.8. The van der Waals surface area contributed by atoms with E-state index in [1.807, 2.05) is 11.8 Å². The summed E-state index contributed by atoms with van der Waals surface area (Å²) in [6.07, 6.45) is 0.929. The molecule has 2 N–H and O–H groups in total. The van der Waals surface area contributed by atoms with Gasteiger partial charge < -0.3 is 10.6 Å². The van der Waals surface area contributed by atoms with Gasteiger partial charge in [-0.2, -0.15) is 0 Å². The molecule has 5 heteroatoms. The largest absolute Gasteiger partial charge is 0.370 e. The molecule has 0 spiro atoms. The highest BCUT2D eigenvalue weighted by Gasteiger charge is 2.30. The first-order chi connectivity index (χ1) is 8.15. The summed E-state index contributed by atoms with van der Waals surface area (Å²) in [6.45, 7) is 3.27. The Hall–Kier alpha value is -1.29. The smallest absolute Gasteiger partial charge is 0.191 e. The lowest BCUT2D eigenvalue weighted by atomic mass is 10.1. The maximum absolute atomic E-state index is 13.8. The zero-order chi connectivity index (χ0) is 12.4. The predicted molar refractivity (Wildman–Crippen MR) is 67.6 cm³/mol. The Morgan fingerprint density at radius 2 is 2.35 bits per heavy atom. The molecule has 0 radical (unpaired) electrons. The van der Waals surface area contributed by atoms with E-state index < -0.39 is 0 Å². The van der Waals surface area contributed by atoms with Crippen LogP contribution in [-0.2, 0) is 0 Å². The monoisotopic (exact) mass is 255 g/mol. The highest BCUT2D eigenvalue weighted by atomic mass is 35.5. The number of rotatable bonds is 3. The van der Waals surface area contributed by atoms with Crippen LogP contribution in [0.1, 0.15) is 24.9 Å². The topological polar surface area (TPSA) is 41.6 Å². The van der Waals surface area contributed by atoms with Gasteiger partial charge in [-0.15, -0.1) is 0 Å². The summed E-state index contributed by atoms with van der Waals surface area (Å²) in [5.74, 6) is 0.171. The van der Waals surface area contributed by atoms with Gasteiger partial charge in [0.25, 0.3) is 0 Å². The van der Waals surface area contributed by atoms with Crippen molar-refractivity contribution in [2.75, 3.05) is 13.1 Å². The van der Waals surface area contributed by atoms with E-state index in [4.69, 9.17) is 17.3 Å². The molecule has 1 aromatic rings. The first-order valence-electron chi connectivity index (χ1n) is 5.65. The minimum Gasteiger partial charge on any atom is -0.370 e. The third kappa shape index (κ3) is 2.22. The molecule has 1 aliphatic rings. The minimum atomic E-state index is -0.298. The van der Waals surface area contributed by atoms with Gasteiger partial charge in [0, 0.05) is 17.1 Å².